The average Bonchev–Trinajstić information content (AvgIpc) is 3.01. The summed E-state index contributed by atoms with van der Waals surface area (Å²) < 4.78 is 46.3. The molecule has 4 heterocycles. The van der Waals surface area contributed by atoms with Gasteiger partial charge >= 0.3 is 0 Å². The van der Waals surface area contributed by atoms with Crippen LogP contribution in [0.3, 0.4) is 0 Å². The van der Waals surface area contributed by atoms with Gasteiger partial charge in [0.15, 0.2) is 25.2 Å². The van der Waals surface area contributed by atoms with Crippen LogP contribution in [0.15, 0.2) is 0 Å². The topological polar surface area (TPSA) is 256 Å². The average molecular weight is 659 g/mol. The molecule has 20 atom stereocenters. The molecule has 0 bridgehead atoms. The zero-order valence-corrected chi connectivity index (χ0v) is 26.0. The van der Waals surface area contributed by atoms with Gasteiger partial charge in [-0.1, -0.05) is 13.8 Å². The van der Waals surface area contributed by atoms with Gasteiger partial charge in [0.1, 0.15) is 67.1 Å². The number of hydrogen-bond donors (Lipinski definition) is 9. The van der Waals surface area contributed by atoms with E-state index in [9.17, 15) is 46.0 Å². The first-order chi connectivity index (χ1) is 21.2. The lowest BCUT2D eigenvalue weighted by atomic mass is 9.92. The molecule has 9 N–H and O–H groups in total. The van der Waals surface area contributed by atoms with E-state index in [1.165, 1.54) is 13.8 Å². The molecule has 0 aromatic carbocycles. The number of hydrogen-bond acceptors (Lipinski definition) is 17. The van der Waals surface area contributed by atoms with Crippen molar-refractivity contribution in [2.75, 3.05) is 13.2 Å². The second kappa shape index (κ2) is 15.7. The number of aliphatic hydroxyl groups is 9. The molecule has 17 heteroatoms. The maximum atomic E-state index is 11.2. The summed E-state index contributed by atoms with van der Waals surface area (Å²) in [6.07, 6.45) is -25.5. The normalized spacial score (nSPS) is 52.9. The van der Waals surface area contributed by atoms with Gasteiger partial charge < -0.3 is 83.9 Å². The largest absolute Gasteiger partial charge is 0.394 e. The molecule has 0 saturated carbocycles. The van der Waals surface area contributed by atoms with E-state index in [0.29, 0.717) is 6.61 Å². The lowest BCUT2D eigenvalue weighted by Gasteiger charge is -2.49. The van der Waals surface area contributed by atoms with Crippen LogP contribution >= 0.6 is 0 Å². The van der Waals surface area contributed by atoms with E-state index < -0.39 is 129 Å². The predicted molar refractivity (Wildman–Crippen MR) is 147 cm³/mol. The van der Waals surface area contributed by atoms with E-state index in [-0.39, 0.29) is 0 Å². The molecule has 4 saturated heterocycles. The lowest BCUT2D eigenvalue weighted by molar-refractivity contribution is -0.391. The van der Waals surface area contributed by atoms with Crippen LogP contribution < -0.4 is 0 Å². The first-order valence-corrected chi connectivity index (χ1v) is 15.5. The summed E-state index contributed by atoms with van der Waals surface area (Å²) in [4.78, 5) is 0. The van der Waals surface area contributed by atoms with Gasteiger partial charge in [0.05, 0.1) is 31.0 Å². The molecule has 0 aromatic rings. The molecule has 264 valence electrons. The maximum Gasteiger partial charge on any atom is 0.187 e. The molecule has 8 unspecified atom stereocenters. The Balaban J connectivity index is 1.53. The highest BCUT2D eigenvalue weighted by molar-refractivity contribution is 4.96. The van der Waals surface area contributed by atoms with E-state index in [4.69, 9.17) is 37.9 Å². The van der Waals surface area contributed by atoms with Crippen molar-refractivity contribution in [1.82, 2.24) is 0 Å². The van der Waals surface area contributed by atoms with Crippen LogP contribution in [-0.4, -0.2) is 176 Å². The highest BCUT2D eigenvalue weighted by atomic mass is 16.8. The standard InChI is InChI=1S/C28H50O17/c1-6-7-38-25-9(2)22(15(31)11(4)39-25)43-28-24(19(35)14(30)10(3)41-28)45-27-21(37)23(16(32)12(5)40-27)44-26-20(36)18(34)17(33)13(8-29)42-26/h9-37H,6-8H2,1-5H3/t9?,10?,11?,12?,13-,14-,15-,16-,17+,18?,19-,20?,21?,22+,23-,24?,25+,26+,27-,28-/m0/s1. The van der Waals surface area contributed by atoms with E-state index in [1.807, 2.05) is 6.92 Å². The van der Waals surface area contributed by atoms with Crippen LogP contribution in [0, 0.1) is 5.92 Å². The first kappa shape index (κ1) is 37.1. The van der Waals surface area contributed by atoms with Crippen LogP contribution in [0.2, 0.25) is 0 Å². The molecule has 0 spiro atoms. The summed E-state index contributed by atoms with van der Waals surface area (Å²) >= 11 is 0. The van der Waals surface area contributed by atoms with Crippen molar-refractivity contribution < 1.29 is 83.9 Å². The van der Waals surface area contributed by atoms with Gasteiger partial charge in [0, 0.05) is 12.5 Å². The van der Waals surface area contributed by atoms with Crippen molar-refractivity contribution in [2.45, 2.75) is 158 Å². The number of ether oxygens (including phenoxy) is 8. The van der Waals surface area contributed by atoms with Crippen LogP contribution in [0.5, 0.6) is 0 Å². The van der Waals surface area contributed by atoms with Gasteiger partial charge in [0.2, 0.25) is 0 Å². The van der Waals surface area contributed by atoms with Gasteiger partial charge in [-0.2, -0.15) is 0 Å². The monoisotopic (exact) mass is 658 g/mol. The zero-order valence-electron chi connectivity index (χ0n) is 26.0. The molecule has 4 aliphatic rings. The molecule has 17 nitrogen and oxygen atoms in total. The van der Waals surface area contributed by atoms with E-state index in [0.717, 1.165) is 6.42 Å². The maximum absolute atomic E-state index is 11.2. The smallest absolute Gasteiger partial charge is 0.187 e. The Bertz CT molecular complexity index is 914. The van der Waals surface area contributed by atoms with Crippen molar-refractivity contribution in [1.29, 1.82) is 0 Å². The van der Waals surface area contributed by atoms with Crippen LogP contribution in [-0.2, 0) is 37.9 Å². The molecular weight excluding hydrogens is 608 g/mol. The minimum absolute atomic E-state index is 0.408. The Labute approximate surface area is 261 Å². The molecular formula is C28H50O17. The summed E-state index contributed by atoms with van der Waals surface area (Å²) in [7, 11) is 0. The number of rotatable bonds is 10. The second-order valence-electron chi connectivity index (χ2n) is 12.3. The Morgan fingerprint density at radius 2 is 1.00 bits per heavy atom. The van der Waals surface area contributed by atoms with E-state index in [2.05, 4.69) is 0 Å². The fourth-order valence-corrected chi connectivity index (χ4v) is 5.95. The minimum atomic E-state index is -1.82. The third-order valence-electron chi connectivity index (χ3n) is 8.89. The predicted octanol–water partition coefficient (Wildman–Crippen LogP) is -3.96. The Morgan fingerprint density at radius 1 is 0.489 bits per heavy atom. The molecule has 0 aromatic heterocycles. The summed E-state index contributed by atoms with van der Waals surface area (Å²) in [5, 5.41) is 94.8. The molecule has 4 rings (SSSR count). The van der Waals surface area contributed by atoms with Crippen molar-refractivity contribution in [2.24, 2.45) is 5.92 Å². The Kier molecular flexibility index (Phi) is 13.0. The lowest BCUT2D eigenvalue weighted by Crippen LogP contribution is -2.66. The summed E-state index contributed by atoms with van der Waals surface area (Å²) in [5.41, 5.74) is 0. The first-order valence-electron chi connectivity index (χ1n) is 15.5. The highest BCUT2D eigenvalue weighted by Gasteiger charge is 2.54. The van der Waals surface area contributed by atoms with Gasteiger partial charge in [0.25, 0.3) is 0 Å². The van der Waals surface area contributed by atoms with Crippen LogP contribution in [0.4, 0.5) is 0 Å². The Hall–Kier alpha value is -0.680. The van der Waals surface area contributed by atoms with Crippen molar-refractivity contribution in [3.8, 4) is 0 Å². The van der Waals surface area contributed by atoms with Crippen LogP contribution in [0.1, 0.15) is 41.0 Å². The molecule has 0 amide bonds. The van der Waals surface area contributed by atoms with Crippen molar-refractivity contribution >= 4 is 0 Å². The number of aliphatic hydroxyl groups excluding tert-OH is 9. The van der Waals surface area contributed by atoms with Crippen LogP contribution in [0.25, 0.3) is 0 Å². The van der Waals surface area contributed by atoms with E-state index >= 15 is 0 Å². The highest BCUT2D eigenvalue weighted by Crippen LogP contribution is 2.36. The fraction of sp³-hybridized carbons (Fsp3) is 1.00. The third-order valence-corrected chi connectivity index (χ3v) is 8.89. The quantitative estimate of drug-likeness (QED) is 0.109. The molecule has 0 aliphatic carbocycles. The SMILES string of the molecule is CCCO[C@@H]1OC(C)[C@H](O)[C@H](O[C@@H]2OC(C)[C@H](O)[C@H](O)C2O[C@@H]2OC(C)[C@H](O)[C@H](O[C@H]3O[C@@H](CO)[C@@H](O)C(O)C3O)C2O)C1C. The van der Waals surface area contributed by atoms with Gasteiger partial charge in [-0.25, -0.2) is 0 Å². The summed E-state index contributed by atoms with van der Waals surface area (Å²) in [6, 6.07) is 0. The van der Waals surface area contributed by atoms with E-state index in [1.54, 1.807) is 13.8 Å². The molecule has 0 radical (unpaired) electrons. The summed E-state index contributed by atoms with van der Waals surface area (Å²) in [6.45, 7) is 7.98. The molecule has 4 aliphatic heterocycles. The van der Waals surface area contributed by atoms with Gasteiger partial charge in [-0.3, -0.25) is 0 Å². The minimum Gasteiger partial charge on any atom is -0.394 e. The van der Waals surface area contributed by atoms with Gasteiger partial charge in [-0.15, -0.1) is 0 Å². The zero-order chi connectivity index (χ0) is 33.3. The second-order valence-corrected chi connectivity index (χ2v) is 12.3. The Morgan fingerprint density at radius 3 is 1.62 bits per heavy atom. The molecule has 4 fully saturated rings. The van der Waals surface area contributed by atoms with Crippen molar-refractivity contribution in [3.63, 3.8) is 0 Å². The molecule has 45 heavy (non-hydrogen) atoms. The fourth-order valence-electron chi connectivity index (χ4n) is 5.95. The van der Waals surface area contributed by atoms with Gasteiger partial charge in [-0.05, 0) is 27.2 Å². The third kappa shape index (κ3) is 7.81. The summed E-state index contributed by atoms with van der Waals surface area (Å²) in [5.74, 6) is -0.505. The van der Waals surface area contributed by atoms with Crippen molar-refractivity contribution in [3.05, 3.63) is 0 Å².